The third-order valence-corrected chi connectivity index (χ3v) is 4.09. The standard InChI is InChI=1S/C10H10FO2S/c1-14(12,13)10-6-9(10)7-3-2-4-8(11)5-7/h2,4-5,9-10H,6H2,1H3. The Labute approximate surface area is 82.7 Å². The Morgan fingerprint density at radius 1 is 1.57 bits per heavy atom. The first-order valence-electron chi connectivity index (χ1n) is 4.34. The normalized spacial score (nSPS) is 26.1. The van der Waals surface area contributed by atoms with Gasteiger partial charge in [-0.2, -0.15) is 0 Å². The second-order valence-corrected chi connectivity index (χ2v) is 5.94. The van der Waals surface area contributed by atoms with Crippen LogP contribution in [0.25, 0.3) is 0 Å². The summed E-state index contributed by atoms with van der Waals surface area (Å²) in [7, 11) is -2.98. The molecule has 1 saturated carbocycles. The van der Waals surface area contributed by atoms with E-state index in [4.69, 9.17) is 0 Å². The van der Waals surface area contributed by atoms with Gasteiger partial charge in [-0.15, -0.1) is 0 Å². The van der Waals surface area contributed by atoms with Crippen molar-refractivity contribution in [3.63, 3.8) is 0 Å². The predicted molar refractivity (Wildman–Crippen MR) is 51.2 cm³/mol. The topological polar surface area (TPSA) is 34.1 Å². The molecular weight excluding hydrogens is 203 g/mol. The highest BCUT2D eigenvalue weighted by atomic mass is 32.2. The minimum Gasteiger partial charge on any atom is -0.229 e. The van der Waals surface area contributed by atoms with E-state index in [-0.39, 0.29) is 17.0 Å². The van der Waals surface area contributed by atoms with Gasteiger partial charge in [-0.05, 0) is 30.2 Å². The third-order valence-electron chi connectivity index (χ3n) is 2.47. The van der Waals surface area contributed by atoms with Crippen molar-refractivity contribution in [2.24, 2.45) is 0 Å². The van der Waals surface area contributed by atoms with Crippen LogP contribution in [-0.4, -0.2) is 19.9 Å². The van der Waals surface area contributed by atoms with E-state index in [9.17, 15) is 12.8 Å². The first kappa shape index (κ1) is 9.65. The summed E-state index contributed by atoms with van der Waals surface area (Å²) < 4.78 is 35.1. The van der Waals surface area contributed by atoms with E-state index < -0.39 is 9.84 Å². The van der Waals surface area contributed by atoms with Gasteiger partial charge in [0.1, 0.15) is 5.82 Å². The number of hydrogen-bond donors (Lipinski definition) is 0. The van der Waals surface area contributed by atoms with E-state index in [0.29, 0.717) is 12.0 Å². The molecule has 0 spiro atoms. The van der Waals surface area contributed by atoms with E-state index >= 15 is 0 Å². The molecule has 75 valence electrons. The van der Waals surface area contributed by atoms with Crippen LogP contribution in [0.5, 0.6) is 0 Å². The molecule has 1 radical (unpaired) electrons. The van der Waals surface area contributed by atoms with Crippen molar-refractivity contribution in [1.82, 2.24) is 0 Å². The molecule has 0 N–H and O–H groups in total. The first-order chi connectivity index (χ1) is 6.48. The van der Waals surface area contributed by atoms with Gasteiger partial charge in [-0.1, -0.05) is 6.07 Å². The summed E-state index contributed by atoms with van der Waals surface area (Å²) in [5.41, 5.74) is 0.667. The average Bonchev–Trinajstić information content (AvgIpc) is 2.81. The first-order valence-corrected chi connectivity index (χ1v) is 6.30. The number of rotatable bonds is 2. The Balaban J connectivity index is 2.22. The molecule has 1 aliphatic carbocycles. The highest BCUT2D eigenvalue weighted by Crippen LogP contribution is 2.45. The molecule has 0 saturated heterocycles. The van der Waals surface area contributed by atoms with Crippen LogP contribution in [0.3, 0.4) is 0 Å². The van der Waals surface area contributed by atoms with Gasteiger partial charge in [-0.3, -0.25) is 0 Å². The number of benzene rings is 1. The molecule has 0 heterocycles. The van der Waals surface area contributed by atoms with Gasteiger partial charge in [0.25, 0.3) is 0 Å². The van der Waals surface area contributed by atoms with E-state index in [1.54, 1.807) is 0 Å². The SMILES string of the molecule is CS(=O)(=O)C1CC1c1[c]ccc(F)c1. The van der Waals surface area contributed by atoms with Gasteiger partial charge in [0, 0.05) is 12.2 Å². The fraction of sp³-hybridized carbons (Fsp3) is 0.400. The Hall–Kier alpha value is -0.900. The van der Waals surface area contributed by atoms with E-state index in [1.165, 1.54) is 24.5 Å². The molecule has 2 atom stereocenters. The lowest BCUT2D eigenvalue weighted by molar-refractivity contribution is 0.599. The lowest BCUT2D eigenvalue weighted by Crippen LogP contribution is -2.05. The lowest BCUT2D eigenvalue weighted by atomic mass is 10.1. The Kier molecular flexibility index (Phi) is 2.10. The summed E-state index contributed by atoms with van der Waals surface area (Å²) in [6.45, 7) is 0. The summed E-state index contributed by atoms with van der Waals surface area (Å²) in [4.78, 5) is 0. The second kappa shape index (κ2) is 3.05. The average molecular weight is 213 g/mol. The second-order valence-electron chi connectivity index (χ2n) is 3.67. The molecule has 2 nitrogen and oxygen atoms in total. The van der Waals surface area contributed by atoms with Crippen molar-refractivity contribution < 1.29 is 12.8 Å². The molecule has 0 bridgehead atoms. The number of sulfone groups is 1. The number of hydrogen-bond acceptors (Lipinski definition) is 2. The monoisotopic (exact) mass is 213 g/mol. The van der Waals surface area contributed by atoms with Crippen LogP contribution < -0.4 is 0 Å². The Morgan fingerprint density at radius 3 is 2.79 bits per heavy atom. The van der Waals surface area contributed by atoms with Crippen LogP contribution in [-0.2, 0) is 9.84 Å². The van der Waals surface area contributed by atoms with Crippen molar-refractivity contribution in [2.75, 3.05) is 6.26 Å². The maximum Gasteiger partial charge on any atom is 0.150 e. The van der Waals surface area contributed by atoms with E-state index in [1.807, 2.05) is 0 Å². The molecule has 2 unspecified atom stereocenters. The van der Waals surface area contributed by atoms with Crippen molar-refractivity contribution in [3.8, 4) is 0 Å². The van der Waals surface area contributed by atoms with Crippen molar-refractivity contribution in [1.29, 1.82) is 0 Å². The molecule has 1 aromatic rings. The van der Waals surface area contributed by atoms with Crippen LogP contribution in [0.4, 0.5) is 4.39 Å². The maximum absolute atomic E-state index is 12.8. The Bertz CT molecular complexity index is 453. The molecular formula is C10H10FO2S. The zero-order chi connectivity index (χ0) is 10.3. The summed E-state index contributed by atoms with van der Waals surface area (Å²) in [5.74, 6) is -0.390. The van der Waals surface area contributed by atoms with Crippen molar-refractivity contribution in [3.05, 3.63) is 35.6 Å². The summed E-state index contributed by atoms with van der Waals surface area (Å²) in [5, 5.41) is -0.333. The molecule has 4 heteroatoms. The maximum atomic E-state index is 12.8. The summed E-state index contributed by atoms with van der Waals surface area (Å²) in [6, 6.07) is 7.02. The summed E-state index contributed by atoms with van der Waals surface area (Å²) >= 11 is 0. The van der Waals surface area contributed by atoms with Crippen LogP contribution >= 0.6 is 0 Å². The molecule has 0 aromatic heterocycles. The minimum atomic E-state index is -2.98. The van der Waals surface area contributed by atoms with Gasteiger partial charge in [0.05, 0.1) is 5.25 Å². The fourth-order valence-electron chi connectivity index (χ4n) is 1.64. The third kappa shape index (κ3) is 1.80. The van der Waals surface area contributed by atoms with Crippen LogP contribution in [0, 0.1) is 11.9 Å². The zero-order valence-electron chi connectivity index (χ0n) is 7.70. The number of halogens is 1. The lowest BCUT2D eigenvalue weighted by Gasteiger charge is -1.98. The zero-order valence-corrected chi connectivity index (χ0v) is 8.51. The largest absolute Gasteiger partial charge is 0.229 e. The van der Waals surface area contributed by atoms with Gasteiger partial charge < -0.3 is 0 Å². The quantitative estimate of drug-likeness (QED) is 0.746. The van der Waals surface area contributed by atoms with Crippen LogP contribution in [0.15, 0.2) is 18.2 Å². The van der Waals surface area contributed by atoms with E-state index in [0.717, 1.165) is 0 Å². The Morgan fingerprint density at radius 2 is 2.29 bits per heavy atom. The predicted octanol–water partition coefficient (Wildman–Crippen LogP) is 1.53. The van der Waals surface area contributed by atoms with Crippen LogP contribution in [0.1, 0.15) is 17.9 Å². The molecule has 0 amide bonds. The van der Waals surface area contributed by atoms with Crippen molar-refractivity contribution >= 4 is 9.84 Å². The van der Waals surface area contributed by atoms with Gasteiger partial charge in [0.2, 0.25) is 0 Å². The molecule has 1 fully saturated rings. The molecule has 1 aliphatic rings. The molecule has 2 rings (SSSR count). The highest BCUT2D eigenvalue weighted by molar-refractivity contribution is 7.91. The summed E-state index contributed by atoms with van der Waals surface area (Å²) in [6.07, 6.45) is 1.82. The highest BCUT2D eigenvalue weighted by Gasteiger charge is 2.45. The molecule has 14 heavy (non-hydrogen) atoms. The van der Waals surface area contributed by atoms with Gasteiger partial charge in [0.15, 0.2) is 9.84 Å². The van der Waals surface area contributed by atoms with E-state index in [2.05, 4.69) is 6.07 Å². The van der Waals surface area contributed by atoms with Gasteiger partial charge in [-0.25, -0.2) is 12.8 Å². The van der Waals surface area contributed by atoms with Gasteiger partial charge >= 0.3 is 0 Å². The van der Waals surface area contributed by atoms with Crippen LogP contribution in [0.2, 0.25) is 0 Å². The van der Waals surface area contributed by atoms with Crippen molar-refractivity contribution in [2.45, 2.75) is 17.6 Å². The minimum absolute atomic E-state index is 0.0549. The fourth-order valence-corrected chi connectivity index (χ4v) is 2.94. The molecule has 0 aliphatic heterocycles. The smallest absolute Gasteiger partial charge is 0.150 e. The molecule has 1 aromatic carbocycles.